The molecule has 0 aliphatic rings. The molecule has 96 valence electrons. The lowest BCUT2D eigenvalue weighted by atomic mass is 10.2. The van der Waals surface area contributed by atoms with Crippen LogP contribution in [0, 0.1) is 0 Å². The monoisotopic (exact) mass is 247 g/mol. The summed E-state index contributed by atoms with van der Waals surface area (Å²) in [5.41, 5.74) is 7.53. The largest absolute Gasteiger partial charge is 0.493 e. The van der Waals surface area contributed by atoms with Crippen LogP contribution in [0.4, 0.5) is 0 Å². The van der Waals surface area contributed by atoms with E-state index in [1.165, 1.54) is 0 Å². The molecule has 2 N–H and O–H groups in total. The third-order valence-electron chi connectivity index (χ3n) is 2.71. The van der Waals surface area contributed by atoms with Crippen LogP contribution in [-0.2, 0) is 13.1 Å². The number of nitrogens with zero attached hydrogens (tertiary/aromatic N) is 2. The molecule has 0 spiro atoms. The molecule has 0 radical (unpaired) electrons. The van der Waals surface area contributed by atoms with Gasteiger partial charge in [0.1, 0.15) is 0 Å². The Kier molecular flexibility index (Phi) is 3.84. The van der Waals surface area contributed by atoms with Gasteiger partial charge in [0.05, 0.1) is 26.2 Å². The molecule has 5 heteroatoms. The van der Waals surface area contributed by atoms with Crippen LogP contribution in [0.25, 0.3) is 0 Å². The predicted octanol–water partition coefficient (Wildman–Crippen LogP) is 1.41. The standard InChI is InChI=1S/C13H17N3O2/c1-17-12-4-3-10(5-13(12)18-2)7-16-8-11(6-14)15-9-16/h3-5,8-9H,6-7,14H2,1-2H3. The van der Waals surface area contributed by atoms with Crippen molar-refractivity contribution in [2.75, 3.05) is 14.2 Å². The third kappa shape index (κ3) is 2.62. The van der Waals surface area contributed by atoms with Crippen molar-refractivity contribution in [2.24, 2.45) is 5.73 Å². The van der Waals surface area contributed by atoms with Gasteiger partial charge in [0.25, 0.3) is 0 Å². The van der Waals surface area contributed by atoms with Gasteiger partial charge in [-0.25, -0.2) is 4.98 Å². The maximum atomic E-state index is 5.53. The molecule has 0 fully saturated rings. The van der Waals surface area contributed by atoms with Gasteiger partial charge in [-0.1, -0.05) is 6.07 Å². The molecule has 1 heterocycles. The van der Waals surface area contributed by atoms with E-state index in [0.717, 1.165) is 29.3 Å². The molecule has 1 aromatic heterocycles. The van der Waals surface area contributed by atoms with E-state index in [1.807, 2.05) is 29.0 Å². The molecule has 2 aromatic rings. The number of benzene rings is 1. The maximum absolute atomic E-state index is 5.53. The van der Waals surface area contributed by atoms with Crippen LogP contribution in [0.3, 0.4) is 0 Å². The van der Waals surface area contributed by atoms with Gasteiger partial charge in [-0.05, 0) is 17.7 Å². The third-order valence-corrected chi connectivity index (χ3v) is 2.71. The Bertz CT molecular complexity index is 523. The Hall–Kier alpha value is -2.01. The van der Waals surface area contributed by atoms with E-state index in [0.29, 0.717) is 6.54 Å². The molecule has 0 bridgehead atoms. The molecule has 0 unspecified atom stereocenters. The molecule has 1 aromatic carbocycles. The van der Waals surface area contributed by atoms with Crippen LogP contribution in [0.1, 0.15) is 11.3 Å². The molecule has 18 heavy (non-hydrogen) atoms. The van der Waals surface area contributed by atoms with Crippen molar-refractivity contribution in [3.8, 4) is 11.5 Å². The van der Waals surface area contributed by atoms with E-state index < -0.39 is 0 Å². The first-order chi connectivity index (χ1) is 8.76. The number of rotatable bonds is 5. The summed E-state index contributed by atoms with van der Waals surface area (Å²) < 4.78 is 12.5. The van der Waals surface area contributed by atoms with Gasteiger partial charge in [-0.15, -0.1) is 0 Å². The molecular formula is C13H17N3O2. The van der Waals surface area contributed by atoms with Crippen molar-refractivity contribution in [2.45, 2.75) is 13.1 Å². The molecule has 0 saturated heterocycles. The number of hydrogen-bond acceptors (Lipinski definition) is 4. The van der Waals surface area contributed by atoms with Crippen LogP contribution < -0.4 is 15.2 Å². The van der Waals surface area contributed by atoms with E-state index in [1.54, 1.807) is 20.5 Å². The average Bonchev–Trinajstić information content (AvgIpc) is 2.86. The zero-order valence-electron chi connectivity index (χ0n) is 10.6. The summed E-state index contributed by atoms with van der Waals surface area (Å²) in [5.74, 6) is 1.46. The second-order valence-electron chi connectivity index (χ2n) is 3.93. The lowest BCUT2D eigenvalue weighted by Gasteiger charge is -2.09. The Balaban J connectivity index is 2.18. The van der Waals surface area contributed by atoms with E-state index in [-0.39, 0.29) is 0 Å². The number of hydrogen-bond donors (Lipinski definition) is 1. The highest BCUT2D eigenvalue weighted by Crippen LogP contribution is 2.27. The maximum Gasteiger partial charge on any atom is 0.161 e. The van der Waals surface area contributed by atoms with Gasteiger partial charge in [-0.2, -0.15) is 0 Å². The number of methoxy groups -OCH3 is 2. The zero-order chi connectivity index (χ0) is 13.0. The summed E-state index contributed by atoms with van der Waals surface area (Å²) in [5, 5.41) is 0. The number of aromatic nitrogens is 2. The molecule has 5 nitrogen and oxygen atoms in total. The highest BCUT2D eigenvalue weighted by Gasteiger charge is 2.05. The lowest BCUT2D eigenvalue weighted by Crippen LogP contribution is -1.99. The summed E-state index contributed by atoms with van der Waals surface area (Å²) >= 11 is 0. The van der Waals surface area contributed by atoms with E-state index in [2.05, 4.69) is 4.98 Å². The second-order valence-corrected chi connectivity index (χ2v) is 3.93. The van der Waals surface area contributed by atoms with E-state index in [9.17, 15) is 0 Å². The first kappa shape index (κ1) is 12.4. The van der Waals surface area contributed by atoms with Crippen molar-refractivity contribution in [1.29, 1.82) is 0 Å². The molecule has 0 aliphatic heterocycles. The molecule has 0 atom stereocenters. The van der Waals surface area contributed by atoms with E-state index in [4.69, 9.17) is 15.2 Å². The van der Waals surface area contributed by atoms with Gasteiger partial charge in [-0.3, -0.25) is 0 Å². The van der Waals surface area contributed by atoms with E-state index >= 15 is 0 Å². The van der Waals surface area contributed by atoms with Crippen molar-refractivity contribution < 1.29 is 9.47 Å². The Labute approximate surface area is 106 Å². The highest BCUT2D eigenvalue weighted by atomic mass is 16.5. The highest BCUT2D eigenvalue weighted by molar-refractivity contribution is 5.42. The summed E-state index contributed by atoms with van der Waals surface area (Å²) in [6.07, 6.45) is 3.72. The van der Waals surface area contributed by atoms with Crippen LogP contribution in [0.2, 0.25) is 0 Å². The molecule has 2 rings (SSSR count). The fraction of sp³-hybridized carbons (Fsp3) is 0.308. The number of nitrogens with two attached hydrogens (primary N) is 1. The molecule has 0 saturated carbocycles. The Morgan fingerprint density at radius 3 is 2.61 bits per heavy atom. The van der Waals surface area contributed by atoms with Crippen molar-refractivity contribution in [3.63, 3.8) is 0 Å². The second kappa shape index (κ2) is 5.55. The molecule has 0 amide bonds. The lowest BCUT2D eigenvalue weighted by molar-refractivity contribution is 0.354. The fourth-order valence-corrected chi connectivity index (χ4v) is 1.79. The fourth-order valence-electron chi connectivity index (χ4n) is 1.79. The minimum atomic E-state index is 0.457. The SMILES string of the molecule is COc1ccc(Cn2cnc(CN)c2)cc1OC. The quantitative estimate of drug-likeness (QED) is 0.867. The van der Waals surface area contributed by atoms with Crippen molar-refractivity contribution in [3.05, 3.63) is 42.0 Å². The van der Waals surface area contributed by atoms with Gasteiger partial charge >= 0.3 is 0 Å². The number of ether oxygens (including phenoxy) is 2. The zero-order valence-corrected chi connectivity index (χ0v) is 10.6. The Morgan fingerprint density at radius 2 is 2.00 bits per heavy atom. The first-order valence-electron chi connectivity index (χ1n) is 5.68. The van der Waals surface area contributed by atoms with Crippen LogP contribution >= 0.6 is 0 Å². The van der Waals surface area contributed by atoms with Gasteiger partial charge < -0.3 is 19.8 Å². The Morgan fingerprint density at radius 1 is 1.22 bits per heavy atom. The van der Waals surface area contributed by atoms with Gasteiger partial charge in [0, 0.05) is 19.3 Å². The number of imidazole rings is 1. The topological polar surface area (TPSA) is 62.3 Å². The summed E-state index contributed by atoms with van der Waals surface area (Å²) in [6, 6.07) is 5.86. The normalized spacial score (nSPS) is 10.4. The summed E-state index contributed by atoms with van der Waals surface area (Å²) in [4.78, 5) is 4.19. The minimum absolute atomic E-state index is 0.457. The van der Waals surface area contributed by atoms with Gasteiger partial charge in [0.2, 0.25) is 0 Å². The van der Waals surface area contributed by atoms with Crippen molar-refractivity contribution >= 4 is 0 Å². The molecular weight excluding hydrogens is 230 g/mol. The molecule has 0 aliphatic carbocycles. The minimum Gasteiger partial charge on any atom is -0.493 e. The van der Waals surface area contributed by atoms with Crippen molar-refractivity contribution in [1.82, 2.24) is 9.55 Å². The smallest absolute Gasteiger partial charge is 0.161 e. The summed E-state index contributed by atoms with van der Waals surface area (Å²) in [6.45, 7) is 1.19. The predicted molar refractivity (Wildman–Crippen MR) is 68.8 cm³/mol. The van der Waals surface area contributed by atoms with Gasteiger partial charge in [0.15, 0.2) is 11.5 Å². The van der Waals surface area contributed by atoms with Crippen LogP contribution in [-0.4, -0.2) is 23.8 Å². The van der Waals surface area contributed by atoms with Crippen LogP contribution in [0.15, 0.2) is 30.7 Å². The summed E-state index contributed by atoms with van der Waals surface area (Å²) in [7, 11) is 3.26. The van der Waals surface area contributed by atoms with Crippen LogP contribution in [0.5, 0.6) is 11.5 Å². The first-order valence-corrected chi connectivity index (χ1v) is 5.68. The average molecular weight is 247 g/mol.